The first-order chi connectivity index (χ1) is 16.0. The Morgan fingerprint density at radius 3 is 2.30 bits per heavy atom. The van der Waals surface area contributed by atoms with Gasteiger partial charge in [0, 0.05) is 48.9 Å². The number of fused-ring (bicyclic) bond motifs is 1. The zero-order chi connectivity index (χ0) is 22.9. The number of nitrogens with one attached hydrogen (secondary N) is 1. The Morgan fingerprint density at radius 1 is 0.879 bits per heavy atom. The molecule has 33 heavy (non-hydrogen) atoms. The van der Waals surface area contributed by atoms with Gasteiger partial charge >= 0.3 is 0 Å². The number of hydrogen-bond acceptors (Lipinski definition) is 4. The molecule has 5 rings (SSSR count). The average Bonchev–Trinajstić information content (AvgIpc) is 3.55. The Bertz CT molecular complexity index is 1330. The summed E-state index contributed by atoms with van der Waals surface area (Å²) in [6.45, 7) is 3.34. The largest absolute Gasteiger partial charge is 0.464 e. The standard InChI is InChI=1S/C26H23N3O4/c1-17-9-10-19(21-8-5-15-33-21)23-22(17)20(16-27-23)24(30)26(32)29-13-11-28(12-14-29)25(31)18-6-3-2-4-7-18/h2-10,15-16,27H,11-14H2,1H3. The van der Waals surface area contributed by atoms with Crippen LogP contribution in [-0.2, 0) is 4.79 Å². The smallest absolute Gasteiger partial charge is 0.295 e. The maximum Gasteiger partial charge on any atom is 0.295 e. The lowest BCUT2D eigenvalue weighted by molar-refractivity contribution is -0.127. The molecule has 0 atom stereocenters. The monoisotopic (exact) mass is 441 g/mol. The Morgan fingerprint density at radius 2 is 1.61 bits per heavy atom. The number of nitrogens with zero attached hydrogens (tertiary/aromatic N) is 2. The van der Waals surface area contributed by atoms with Crippen LogP contribution in [0.5, 0.6) is 0 Å². The summed E-state index contributed by atoms with van der Waals surface area (Å²) in [5.41, 5.74) is 3.47. The number of furan rings is 1. The van der Waals surface area contributed by atoms with Crippen molar-refractivity contribution < 1.29 is 18.8 Å². The maximum absolute atomic E-state index is 13.2. The van der Waals surface area contributed by atoms with Gasteiger partial charge in [0.1, 0.15) is 5.76 Å². The molecule has 1 aliphatic heterocycles. The van der Waals surface area contributed by atoms with E-state index in [2.05, 4.69) is 4.98 Å². The number of aromatic nitrogens is 1. The minimum absolute atomic E-state index is 0.0632. The second-order valence-electron chi connectivity index (χ2n) is 8.14. The molecule has 3 heterocycles. The van der Waals surface area contributed by atoms with Crippen molar-refractivity contribution in [1.82, 2.24) is 14.8 Å². The third kappa shape index (κ3) is 3.71. The second-order valence-corrected chi connectivity index (χ2v) is 8.14. The fraction of sp³-hybridized carbons (Fsp3) is 0.192. The van der Waals surface area contributed by atoms with E-state index in [1.165, 1.54) is 4.90 Å². The molecule has 4 aromatic rings. The van der Waals surface area contributed by atoms with Gasteiger partial charge in [0.15, 0.2) is 0 Å². The lowest BCUT2D eigenvalue weighted by atomic mass is 10.00. The van der Waals surface area contributed by atoms with Crippen LogP contribution in [0.3, 0.4) is 0 Å². The number of H-pyrrole nitrogens is 1. The Balaban J connectivity index is 1.34. The molecule has 0 unspecified atom stereocenters. The first kappa shape index (κ1) is 20.8. The van der Waals surface area contributed by atoms with Crippen molar-refractivity contribution in [3.63, 3.8) is 0 Å². The SMILES string of the molecule is Cc1ccc(-c2ccco2)c2[nH]cc(C(=O)C(=O)N3CCN(C(=O)c4ccccc4)CC3)c12. The van der Waals surface area contributed by atoms with Gasteiger partial charge in [-0.15, -0.1) is 0 Å². The van der Waals surface area contributed by atoms with Gasteiger partial charge in [-0.2, -0.15) is 0 Å². The molecular formula is C26H23N3O4. The van der Waals surface area contributed by atoms with Crippen LogP contribution in [0.4, 0.5) is 0 Å². The molecular weight excluding hydrogens is 418 g/mol. The molecule has 2 aromatic heterocycles. The number of aromatic amines is 1. The number of hydrogen-bond donors (Lipinski definition) is 1. The summed E-state index contributed by atoms with van der Waals surface area (Å²) in [6, 6.07) is 16.6. The quantitative estimate of drug-likeness (QED) is 0.384. The number of benzene rings is 2. The summed E-state index contributed by atoms with van der Waals surface area (Å²) in [5.74, 6) is -0.479. The lowest BCUT2D eigenvalue weighted by Gasteiger charge is -2.34. The number of aryl methyl sites for hydroxylation is 1. The van der Waals surface area contributed by atoms with Crippen molar-refractivity contribution in [2.45, 2.75) is 6.92 Å². The average molecular weight is 441 g/mol. The van der Waals surface area contributed by atoms with Crippen molar-refractivity contribution in [3.05, 3.63) is 83.7 Å². The van der Waals surface area contributed by atoms with E-state index in [-0.39, 0.29) is 5.91 Å². The van der Waals surface area contributed by atoms with Crippen molar-refractivity contribution in [2.24, 2.45) is 0 Å². The predicted molar refractivity (Wildman–Crippen MR) is 124 cm³/mol. The van der Waals surface area contributed by atoms with Crippen LogP contribution in [0.2, 0.25) is 0 Å². The van der Waals surface area contributed by atoms with Crippen LogP contribution in [0, 0.1) is 6.92 Å². The van der Waals surface area contributed by atoms with E-state index in [1.807, 2.05) is 49.4 Å². The van der Waals surface area contributed by atoms with Gasteiger partial charge in [0.2, 0.25) is 0 Å². The van der Waals surface area contributed by atoms with Gasteiger partial charge in [-0.1, -0.05) is 24.3 Å². The number of rotatable bonds is 4. The zero-order valence-corrected chi connectivity index (χ0v) is 18.2. The van der Waals surface area contributed by atoms with Gasteiger partial charge in [-0.3, -0.25) is 14.4 Å². The Labute approximate surface area is 190 Å². The van der Waals surface area contributed by atoms with Crippen molar-refractivity contribution in [1.29, 1.82) is 0 Å². The third-order valence-electron chi connectivity index (χ3n) is 6.14. The number of carbonyl (C=O) groups is 3. The van der Waals surface area contributed by atoms with Crippen LogP contribution < -0.4 is 0 Å². The Hall–Kier alpha value is -4.13. The minimum atomic E-state index is -0.552. The summed E-state index contributed by atoms with van der Waals surface area (Å²) >= 11 is 0. The zero-order valence-electron chi connectivity index (χ0n) is 18.2. The molecule has 1 saturated heterocycles. The molecule has 1 aliphatic rings. The highest BCUT2D eigenvalue weighted by molar-refractivity contribution is 6.45. The number of Topliss-reactive ketones (excluding diaryl/α,β-unsaturated/α-hetero) is 1. The first-order valence-corrected chi connectivity index (χ1v) is 10.9. The lowest BCUT2D eigenvalue weighted by Crippen LogP contribution is -2.52. The predicted octanol–water partition coefficient (Wildman–Crippen LogP) is 3.90. The molecule has 1 N–H and O–H groups in total. The first-order valence-electron chi connectivity index (χ1n) is 10.9. The second kappa shape index (κ2) is 8.43. The number of piperazine rings is 1. The van der Waals surface area contributed by atoms with E-state index in [4.69, 9.17) is 4.42 Å². The van der Waals surface area contributed by atoms with Crippen LogP contribution in [-0.4, -0.2) is 58.6 Å². The molecule has 7 nitrogen and oxygen atoms in total. The maximum atomic E-state index is 13.2. The molecule has 2 amide bonds. The number of amides is 2. The van der Waals surface area contributed by atoms with Crippen molar-refractivity contribution in [3.8, 4) is 11.3 Å². The summed E-state index contributed by atoms with van der Waals surface area (Å²) in [7, 11) is 0. The van der Waals surface area contributed by atoms with Crippen molar-refractivity contribution in [2.75, 3.05) is 26.2 Å². The minimum Gasteiger partial charge on any atom is -0.464 e. The van der Waals surface area contributed by atoms with E-state index in [9.17, 15) is 14.4 Å². The summed E-state index contributed by atoms with van der Waals surface area (Å²) in [4.78, 5) is 45.3. The highest BCUT2D eigenvalue weighted by atomic mass is 16.3. The molecule has 7 heteroatoms. The molecule has 0 spiro atoms. The van der Waals surface area contributed by atoms with Crippen LogP contribution >= 0.6 is 0 Å². The van der Waals surface area contributed by atoms with Gasteiger partial charge in [0.25, 0.3) is 17.6 Å². The van der Waals surface area contributed by atoms with E-state index >= 15 is 0 Å². The van der Waals surface area contributed by atoms with Crippen LogP contribution in [0.15, 0.2) is 71.5 Å². The van der Waals surface area contributed by atoms with Crippen LogP contribution in [0.1, 0.15) is 26.3 Å². The molecule has 0 radical (unpaired) electrons. The highest BCUT2D eigenvalue weighted by Gasteiger charge is 2.30. The summed E-state index contributed by atoms with van der Waals surface area (Å²) in [5, 5.41) is 0.722. The molecule has 0 bridgehead atoms. The highest BCUT2D eigenvalue weighted by Crippen LogP contribution is 2.32. The normalized spacial score (nSPS) is 14.0. The van der Waals surface area contributed by atoms with Crippen molar-refractivity contribution >= 4 is 28.5 Å². The number of ketones is 1. The summed E-state index contributed by atoms with van der Waals surface area (Å²) in [6.07, 6.45) is 3.20. The topological polar surface area (TPSA) is 86.6 Å². The molecule has 1 fully saturated rings. The number of carbonyl (C=O) groups excluding carboxylic acids is 3. The summed E-state index contributed by atoms with van der Waals surface area (Å²) < 4.78 is 5.53. The van der Waals surface area contributed by atoms with Gasteiger partial charge < -0.3 is 19.2 Å². The van der Waals surface area contributed by atoms with E-state index < -0.39 is 11.7 Å². The van der Waals surface area contributed by atoms with E-state index in [0.717, 1.165) is 22.0 Å². The van der Waals surface area contributed by atoms with Gasteiger partial charge in [-0.05, 0) is 42.8 Å². The van der Waals surface area contributed by atoms with E-state index in [1.54, 1.807) is 29.5 Å². The molecule has 0 saturated carbocycles. The fourth-order valence-corrected chi connectivity index (χ4v) is 4.37. The third-order valence-corrected chi connectivity index (χ3v) is 6.14. The Kier molecular flexibility index (Phi) is 5.30. The van der Waals surface area contributed by atoms with Gasteiger partial charge in [-0.25, -0.2) is 0 Å². The van der Waals surface area contributed by atoms with Crippen LogP contribution in [0.25, 0.3) is 22.2 Å². The van der Waals surface area contributed by atoms with Gasteiger partial charge in [0.05, 0.1) is 17.3 Å². The molecule has 2 aromatic carbocycles. The fourth-order valence-electron chi connectivity index (χ4n) is 4.37. The van der Waals surface area contributed by atoms with E-state index in [0.29, 0.717) is 43.1 Å². The molecule has 0 aliphatic carbocycles. The molecule has 166 valence electrons.